The van der Waals surface area contributed by atoms with Gasteiger partial charge >= 0.3 is 11.9 Å². The van der Waals surface area contributed by atoms with Gasteiger partial charge in [-0.1, -0.05) is 39.5 Å². The summed E-state index contributed by atoms with van der Waals surface area (Å²) in [6.45, 7) is 12.7. The van der Waals surface area contributed by atoms with Crippen LogP contribution < -0.4 is 0 Å². The fraction of sp³-hybridized carbons (Fsp3) is 0.643. The maximum absolute atomic E-state index is 12.3. The van der Waals surface area contributed by atoms with Crippen LogP contribution in [0.2, 0.25) is 0 Å². The molecule has 0 aliphatic heterocycles. The third-order valence-electron chi connectivity index (χ3n) is 6.28. The molecule has 0 bridgehead atoms. The molecular formula is C28H42N2O6. The number of benzene rings is 1. The lowest BCUT2D eigenvalue weighted by Crippen LogP contribution is -2.25. The van der Waals surface area contributed by atoms with Gasteiger partial charge in [0, 0.05) is 12.4 Å². The normalized spacial score (nSPS) is 12.9. The fourth-order valence-electron chi connectivity index (χ4n) is 3.85. The van der Waals surface area contributed by atoms with Crippen molar-refractivity contribution in [2.45, 2.75) is 105 Å². The zero-order chi connectivity index (χ0) is 26.5. The number of carbonyl (C=O) groups excluding carboxylic acids is 2. The summed E-state index contributed by atoms with van der Waals surface area (Å²) >= 11 is 0. The number of esters is 2. The molecule has 1 aromatic carbocycles. The maximum Gasteiger partial charge on any atom is 0.334 e. The molecule has 0 unspecified atom stereocenters. The van der Waals surface area contributed by atoms with Gasteiger partial charge in [-0.15, -0.1) is 0 Å². The second kappa shape index (κ2) is 15.5. The maximum atomic E-state index is 12.3. The highest BCUT2D eigenvalue weighted by Crippen LogP contribution is 2.29. The van der Waals surface area contributed by atoms with Gasteiger partial charge in [0.05, 0.1) is 37.5 Å². The molecule has 1 heterocycles. The van der Waals surface area contributed by atoms with Gasteiger partial charge in [0.25, 0.3) is 0 Å². The molecule has 8 nitrogen and oxygen atoms in total. The number of carbonyl (C=O) groups is 2. The Morgan fingerprint density at radius 3 is 1.47 bits per heavy atom. The predicted molar refractivity (Wildman–Crippen MR) is 138 cm³/mol. The van der Waals surface area contributed by atoms with Gasteiger partial charge in [-0.2, -0.15) is 0 Å². The highest BCUT2D eigenvalue weighted by Gasteiger charge is 2.22. The highest BCUT2D eigenvalue weighted by atomic mass is 16.6. The van der Waals surface area contributed by atoms with Crippen LogP contribution in [0, 0.1) is 13.8 Å². The predicted octanol–water partition coefficient (Wildman–Crippen LogP) is 5.52. The Kier molecular flexibility index (Phi) is 12.8. The standard InChI is InChI=1S/C28H42N2O6/c1-7-9-11-15-33-27(31)21(5)35-17-23-19(3)25-26(30-14-13-29-25)20(4)24(23)18-36-22(6)28(32)34-16-12-10-8-2/h13-14,21-22H,7-12,15-18H2,1-6H3/t21-,22-/m1/s1. The molecule has 2 rings (SSSR count). The molecule has 0 aliphatic rings. The summed E-state index contributed by atoms with van der Waals surface area (Å²) in [6.07, 6.45) is 7.74. The van der Waals surface area contributed by atoms with Crippen molar-refractivity contribution in [1.29, 1.82) is 0 Å². The summed E-state index contributed by atoms with van der Waals surface area (Å²) in [7, 11) is 0. The van der Waals surface area contributed by atoms with Gasteiger partial charge in [-0.3, -0.25) is 9.97 Å². The van der Waals surface area contributed by atoms with Crippen LogP contribution in [0.5, 0.6) is 0 Å². The van der Waals surface area contributed by atoms with E-state index in [-0.39, 0.29) is 25.2 Å². The van der Waals surface area contributed by atoms with Crippen molar-refractivity contribution in [2.24, 2.45) is 0 Å². The SMILES string of the molecule is CCCCCOC(=O)[C@@H](C)OCc1c(CO[C@H](C)C(=O)OCCCCC)c(C)c2nccnc2c1C. The molecule has 36 heavy (non-hydrogen) atoms. The number of fused-ring (bicyclic) bond motifs is 1. The Morgan fingerprint density at radius 2 is 1.11 bits per heavy atom. The largest absolute Gasteiger partial charge is 0.464 e. The minimum Gasteiger partial charge on any atom is -0.464 e. The van der Waals surface area contributed by atoms with Crippen LogP contribution in [0.3, 0.4) is 0 Å². The van der Waals surface area contributed by atoms with Gasteiger partial charge in [0.15, 0.2) is 12.2 Å². The molecular weight excluding hydrogens is 460 g/mol. The smallest absolute Gasteiger partial charge is 0.334 e. The van der Waals surface area contributed by atoms with Crippen LogP contribution in [-0.2, 0) is 41.8 Å². The second-order valence-electron chi connectivity index (χ2n) is 9.12. The number of hydrogen-bond donors (Lipinski definition) is 0. The quantitative estimate of drug-likeness (QED) is 0.219. The molecule has 0 saturated heterocycles. The Labute approximate surface area is 215 Å². The average Bonchev–Trinajstić information content (AvgIpc) is 2.89. The van der Waals surface area contributed by atoms with Crippen molar-refractivity contribution in [3.05, 3.63) is 34.6 Å². The fourth-order valence-corrected chi connectivity index (χ4v) is 3.85. The molecule has 0 radical (unpaired) electrons. The van der Waals surface area contributed by atoms with Crippen LogP contribution in [0.1, 0.15) is 88.5 Å². The molecule has 2 aromatic rings. The minimum absolute atomic E-state index is 0.180. The van der Waals surface area contributed by atoms with Crippen molar-refractivity contribution < 1.29 is 28.5 Å². The Hall–Kier alpha value is -2.58. The third-order valence-corrected chi connectivity index (χ3v) is 6.28. The van der Waals surface area contributed by atoms with Crippen molar-refractivity contribution >= 4 is 23.0 Å². The van der Waals surface area contributed by atoms with Gasteiger partial charge in [0.1, 0.15) is 0 Å². The van der Waals surface area contributed by atoms with Crippen LogP contribution >= 0.6 is 0 Å². The zero-order valence-corrected chi connectivity index (χ0v) is 22.7. The van der Waals surface area contributed by atoms with Gasteiger partial charge in [0.2, 0.25) is 0 Å². The number of aryl methyl sites for hydroxylation is 2. The van der Waals surface area contributed by atoms with Crippen molar-refractivity contribution in [3.8, 4) is 0 Å². The Balaban J connectivity index is 2.15. The Bertz CT molecular complexity index is 915. The van der Waals surface area contributed by atoms with E-state index in [2.05, 4.69) is 23.8 Å². The van der Waals surface area contributed by atoms with Gasteiger partial charge in [-0.25, -0.2) is 9.59 Å². The van der Waals surface area contributed by atoms with E-state index in [1.807, 2.05) is 13.8 Å². The van der Waals surface area contributed by atoms with Crippen molar-refractivity contribution in [2.75, 3.05) is 13.2 Å². The molecule has 0 N–H and O–H groups in total. The molecule has 0 saturated carbocycles. The average molecular weight is 503 g/mol. The first kappa shape index (κ1) is 29.6. The number of hydrogen-bond acceptors (Lipinski definition) is 8. The lowest BCUT2D eigenvalue weighted by atomic mass is 9.95. The molecule has 8 heteroatoms. The van der Waals surface area contributed by atoms with Crippen LogP contribution in [0.4, 0.5) is 0 Å². The first-order valence-electron chi connectivity index (χ1n) is 13.1. The lowest BCUT2D eigenvalue weighted by molar-refractivity contribution is -0.158. The van der Waals surface area contributed by atoms with E-state index < -0.39 is 12.2 Å². The third kappa shape index (κ3) is 8.52. The Morgan fingerprint density at radius 1 is 0.722 bits per heavy atom. The van der Waals surface area contributed by atoms with E-state index >= 15 is 0 Å². The van der Waals surface area contributed by atoms with E-state index in [1.54, 1.807) is 26.2 Å². The molecule has 0 amide bonds. The summed E-state index contributed by atoms with van der Waals surface area (Å²) < 4.78 is 22.5. The van der Waals surface area contributed by atoms with E-state index in [4.69, 9.17) is 18.9 Å². The van der Waals surface area contributed by atoms with Crippen molar-refractivity contribution in [3.63, 3.8) is 0 Å². The van der Waals surface area contributed by atoms with Crippen LogP contribution in [0.15, 0.2) is 12.4 Å². The summed E-state index contributed by atoms with van der Waals surface area (Å²) in [5.74, 6) is -0.753. The van der Waals surface area contributed by atoms with Crippen LogP contribution in [0.25, 0.3) is 11.0 Å². The summed E-state index contributed by atoms with van der Waals surface area (Å²) in [4.78, 5) is 33.7. The number of rotatable bonds is 16. The van der Waals surface area contributed by atoms with Crippen LogP contribution in [-0.4, -0.2) is 47.3 Å². The molecule has 1 aromatic heterocycles. The molecule has 200 valence electrons. The van der Waals surface area contributed by atoms with E-state index in [9.17, 15) is 9.59 Å². The first-order chi connectivity index (χ1) is 17.3. The summed E-state index contributed by atoms with van der Waals surface area (Å²) in [6, 6.07) is 0. The number of nitrogens with zero attached hydrogens (tertiary/aromatic N) is 2. The molecule has 0 spiro atoms. The highest BCUT2D eigenvalue weighted by molar-refractivity contribution is 5.84. The second-order valence-corrected chi connectivity index (χ2v) is 9.12. The lowest BCUT2D eigenvalue weighted by Gasteiger charge is -2.21. The zero-order valence-electron chi connectivity index (χ0n) is 22.7. The monoisotopic (exact) mass is 502 g/mol. The van der Waals surface area contributed by atoms with E-state index in [1.165, 1.54) is 0 Å². The minimum atomic E-state index is -0.713. The number of ether oxygens (including phenoxy) is 4. The molecule has 0 aliphatic carbocycles. The number of aromatic nitrogens is 2. The first-order valence-corrected chi connectivity index (χ1v) is 13.1. The van der Waals surface area contributed by atoms with Gasteiger partial charge in [-0.05, 0) is 62.8 Å². The van der Waals surface area contributed by atoms with E-state index in [0.717, 1.165) is 71.8 Å². The van der Waals surface area contributed by atoms with E-state index in [0.29, 0.717) is 13.2 Å². The molecule has 0 fully saturated rings. The topological polar surface area (TPSA) is 96.8 Å². The number of unbranched alkanes of at least 4 members (excludes halogenated alkanes) is 4. The van der Waals surface area contributed by atoms with Crippen molar-refractivity contribution in [1.82, 2.24) is 9.97 Å². The molecule has 2 atom stereocenters. The summed E-state index contributed by atoms with van der Waals surface area (Å²) in [5, 5.41) is 0. The van der Waals surface area contributed by atoms with Gasteiger partial charge < -0.3 is 18.9 Å². The summed E-state index contributed by atoms with van der Waals surface area (Å²) in [5.41, 5.74) is 5.09.